The Hall–Kier alpha value is -2.52. The highest BCUT2D eigenvalue weighted by Gasteiger charge is 2.26. The van der Waals surface area contributed by atoms with E-state index >= 15 is 0 Å². The molecule has 0 amide bonds. The van der Waals surface area contributed by atoms with E-state index in [1.54, 1.807) is 12.1 Å². The fraction of sp³-hybridized carbons (Fsp3) is 0.417. The lowest BCUT2D eigenvalue weighted by molar-refractivity contribution is -0.132. The first-order valence-corrected chi connectivity index (χ1v) is 6.44. The molecule has 10 heteroatoms. The van der Waals surface area contributed by atoms with Crippen LogP contribution >= 0.6 is 0 Å². The third kappa shape index (κ3) is 4.79. The summed E-state index contributed by atoms with van der Waals surface area (Å²) >= 11 is 0. The number of aliphatic imine (C=N–C) groups is 1. The van der Waals surface area contributed by atoms with Crippen LogP contribution in [0.15, 0.2) is 27.8 Å². The SMILES string of the molecule is CN=C(NCCC(F)(F)F)NCc1nc(-c2ccco2)n[nH]1. The summed E-state index contributed by atoms with van der Waals surface area (Å²) in [5, 5.41) is 12.1. The number of alkyl halides is 3. The Bertz CT molecular complexity index is 605. The van der Waals surface area contributed by atoms with Gasteiger partial charge in [0.05, 0.1) is 19.2 Å². The normalized spacial score (nSPS) is 12.5. The molecule has 2 aromatic rings. The number of nitrogens with zero attached hydrogens (tertiary/aromatic N) is 3. The number of nitrogens with one attached hydrogen (secondary N) is 3. The Morgan fingerprint density at radius 3 is 2.86 bits per heavy atom. The first-order valence-electron chi connectivity index (χ1n) is 6.44. The van der Waals surface area contributed by atoms with Crippen molar-refractivity contribution < 1.29 is 17.6 Å². The lowest BCUT2D eigenvalue weighted by Crippen LogP contribution is -2.38. The highest BCUT2D eigenvalue weighted by Crippen LogP contribution is 2.18. The molecule has 120 valence electrons. The van der Waals surface area contributed by atoms with E-state index in [0.717, 1.165) is 0 Å². The molecule has 2 heterocycles. The number of hydrogen-bond acceptors (Lipinski definition) is 4. The van der Waals surface area contributed by atoms with Crippen LogP contribution in [0.25, 0.3) is 11.6 Å². The summed E-state index contributed by atoms with van der Waals surface area (Å²) in [6.45, 7) is -0.0172. The van der Waals surface area contributed by atoms with Crippen LogP contribution in [0.3, 0.4) is 0 Å². The van der Waals surface area contributed by atoms with E-state index in [0.29, 0.717) is 17.4 Å². The standard InChI is InChI=1S/C12H15F3N6O/c1-16-11(17-5-4-12(13,14)15)18-7-9-19-10(21-20-9)8-3-2-6-22-8/h2-3,6H,4-5,7H2,1H3,(H2,16,17,18)(H,19,20,21). The van der Waals surface area contributed by atoms with Crippen molar-refractivity contribution in [2.75, 3.05) is 13.6 Å². The number of guanidine groups is 1. The lowest BCUT2D eigenvalue weighted by atomic mass is 10.4. The van der Waals surface area contributed by atoms with Crippen molar-refractivity contribution in [2.24, 2.45) is 4.99 Å². The Morgan fingerprint density at radius 2 is 2.23 bits per heavy atom. The zero-order valence-corrected chi connectivity index (χ0v) is 11.7. The molecule has 0 aliphatic carbocycles. The fourth-order valence-corrected chi connectivity index (χ4v) is 1.60. The molecule has 0 saturated heterocycles. The third-order valence-electron chi connectivity index (χ3n) is 2.62. The third-order valence-corrected chi connectivity index (χ3v) is 2.62. The molecule has 22 heavy (non-hydrogen) atoms. The van der Waals surface area contributed by atoms with Gasteiger partial charge < -0.3 is 15.1 Å². The molecule has 0 aromatic carbocycles. The first-order chi connectivity index (χ1) is 10.5. The summed E-state index contributed by atoms with van der Waals surface area (Å²) in [6, 6.07) is 3.44. The van der Waals surface area contributed by atoms with Gasteiger partial charge >= 0.3 is 6.18 Å². The average molecular weight is 316 g/mol. The Labute approximate surface area is 124 Å². The van der Waals surface area contributed by atoms with Gasteiger partial charge in [0, 0.05) is 13.6 Å². The smallest absolute Gasteiger partial charge is 0.390 e. The van der Waals surface area contributed by atoms with Crippen LogP contribution in [-0.2, 0) is 6.54 Å². The van der Waals surface area contributed by atoms with Crippen molar-refractivity contribution in [2.45, 2.75) is 19.1 Å². The molecule has 0 aliphatic heterocycles. The van der Waals surface area contributed by atoms with Gasteiger partial charge in [-0.25, -0.2) is 4.98 Å². The molecule has 0 fully saturated rings. The van der Waals surface area contributed by atoms with E-state index in [1.165, 1.54) is 13.3 Å². The monoisotopic (exact) mass is 316 g/mol. The quantitative estimate of drug-likeness (QED) is 0.577. The van der Waals surface area contributed by atoms with Crippen molar-refractivity contribution in [3.63, 3.8) is 0 Å². The number of halogens is 3. The summed E-state index contributed by atoms with van der Waals surface area (Å²) in [5.41, 5.74) is 0. The van der Waals surface area contributed by atoms with Crippen LogP contribution in [-0.4, -0.2) is 40.9 Å². The van der Waals surface area contributed by atoms with E-state index in [-0.39, 0.29) is 19.0 Å². The molecule has 0 spiro atoms. The maximum Gasteiger partial charge on any atom is 0.390 e. The molecule has 0 saturated carbocycles. The summed E-state index contributed by atoms with van der Waals surface area (Å²) in [6.07, 6.45) is -3.62. The van der Waals surface area contributed by atoms with E-state index < -0.39 is 12.6 Å². The number of furan rings is 1. The summed E-state index contributed by atoms with van der Waals surface area (Å²) in [7, 11) is 1.47. The molecule has 3 N–H and O–H groups in total. The fourth-order valence-electron chi connectivity index (χ4n) is 1.60. The Morgan fingerprint density at radius 1 is 1.41 bits per heavy atom. The van der Waals surface area contributed by atoms with Gasteiger partial charge in [-0.15, -0.1) is 5.10 Å². The van der Waals surface area contributed by atoms with Gasteiger partial charge in [-0.3, -0.25) is 10.1 Å². The Balaban J connectivity index is 1.81. The van der Waals surface area contributed by atoms with Gasteiger partial charge in [0.1, 0.15) is 5.82 Å². The van der Waals surface area contributed by atoms with Gasteiger partial charge in [-0.05, 0) is 12.1 Å². The van der Waals surface area contributed by atoms with Crippen LogP contribution in [0.1, 0.15) is 12.2 Å². The van der Waals surface area contributed by atoms with Crippen molar-refractivity contribution in [3.05, 3.63) is 24.2 Å². The van der Waals surface area contributed by atoms with Gasteiger partial charge in [0.15, 0.2) is 11.7 Å². The predicted octanol–water partition coefficient (Wildman–Crippen LogP) is 1.68. The Kier molecular flexibility index (Phi) is 5.02. The maximum absolute atomic E-state index is 12.1. The molecule has 7 nitrogen and oxygen atoms in total. The van der Waals surface area contributed by atoms with Gasteiger partial charge in [-0.1, -0.05) is 0 Å². The van der Waals surface area contributed by atoms with Crippen molar-refractivity contribution in [1.29, 1.82) is 0 Å². The molecular weight excluding hydrogens is 301 g/mol. The second-order valence-corrected chi connectivity index (χ2v) is 4.30. The minimum atomic E-state index is -4.20. The van der Waals surface area contributed by atoms with Gasteiger partial charge in [-0.2, -0.15) is 13.2 Å². The topological polar surface area (TPSA) is 91.1 Å². The average Bonchev–Trinajstić information content (AvgIpc) is 3.11. The lowest BCUT2D eigenvalue weighted by Gasteiger charge is -2.11. The molecular formula is C12H15F3N6O. The number of hydrogen-bond donors (Lipinski definition) is 3. The second-order valence-electron chi connectivity index (χ2n) is 4.30. The van der Waals surface area contributed by atoms with Gasteiger partial charge in [0.2, 0.25) is 5.82 Å². The second kappa shape index (κ2) is 6.96. The summed E-state index contributed by atoms with van der Waals surface area (Å²) in [4.78, 5) is 8.02. The minimum Gasteiger partial charge on any atom is -0.461 e. The van der Waals surface area contributed by atoms with Crippen LogP contribution in [0.2, 0.25) is 0 Å². The zero-order valence-electron chi connectivity index (χ0n) is 11.7. The molecule has 0 aliphatic rings. The number of rotatable bonds is 5. The first kappa shape index (κ1) is 15.9. The minimum absolute atomic E-state index is 0.236. The summed E-state index contributed by atoms with van der Waals surface area (Å²) < 4.78 is 41.4. The number of aromatic amines is 1. The molecule has 0 radical (unpaired) electrons. The van der Waals surface area contributed by atoms with Crippen molar-refractivity contribution in [1.82, 2.24) is 25.8 Å². The molecule has 0 bridgehead atoms. The molecule has 0 unspecified atom stereocenters. The van der Waals surface area contributed by atoms with Crippen LogP contribution < -0.4 is 10.6 Å². The largest absolute Gasteiger partial charge is 0.461 e. The highest BCUT2D eigenvalue weighted by molar-refractivity contribution is 5.79. The number of H-pyrrole nitrogens is 1. The van der Waals surface area contributed by atoms with Crippen LogP contribution in [0.5, 0.6) is 0 Å². The molecule has 2 aromatic heterocycles. The van der Waals surface area contributed by atoms with E-state index in [9.17, 15) is 13.2 Å². The zero-order chi connectivity index (χ0) is 16.0. The van der Waals surface area contributed by atoms with E-state index in [4.69, 9.17) is 4.42 Å². The van der Waals surface area contributed by atoms with Crippen molar-refractivity contribution >= 4 is 5.96 Å². The predicted molar refractivity (Wildman–Crippen MR) is 73.0 cm³/mol. The number of aromatic nitrogens is 3. The maximum atomic E-state index is 12.1. The molecule has 2 rings (SSSR count). The van der Waals surface area contributed by atoms with E-state index in [1.807, 2.05) is 0 Å². The van der Waals surface area contributed by atoms with Crippen molar-refractivity contribution in [3.8, 4) is 11.6 Å². The van der Waals surface area contributed by atoms with Crippen LogP contribution in [0.4, 0.5) is 13.2 Å². The van der Waals surface area contributed by atoms with Crippen LogP contribution in [0, 0.1) is 0 Å². The highest BCUT2D eigenvalue weighted by atomic mass is 19.4. The molecule has 0 atom stereocenters. The van der Waals surface area contributed by atoms with Gasteiger partial charge in [0.25, 0.3) is 0 Å². The summed E-state index contributed by atoms with van der Waals surface area (Å²) in [5.74, 6) is 1.68. The van der Waals surface area contributed by atoms with E-state index in [2.05, 4.69) is 30.8 Å².